The fraction of sp³-hybridized carbons (Fsp3) is 0.0909. The maximum Gasteiger partial charge on any atom is 0.282 e. The van der Waals surface area contributed by atoms with E-state index in [9.17, 15) is 9.59 Å². The van der Waals surface area contributed by atoms with E-state index in [1.165, 1.54) is 16.2 Å². The van der Waals surface area contributed by atoms with Crippen LogP contribution in [0.3, 0.4) is 0 Å². The van der Waals surface area contributed by atoms with E-state index in [4.69, 9.17) is 23.2 Å². The van der Waals surface area contributed by atoms with Gasteiger partial charge in [0.1, 0.15) is 5.70 Å². The molecule has 0 bridgehead atoms. The lowest BCUT2D eigenvalue weighted by atomic mass is 10.1. The van der Waals surface area contributed by atoms with E-state index in [-0.39, 0.29) is 11.6 Å². The zero-order chi connectivity index (χ0) is 20.7. The molecule has 7 heteroatoms. The average Bonchev–Trinajstić information content (AvgIpc) is 3.29. The van der Waals surface area contributed by atoms with Crippen molar-refractivity contribution in [2.75, 3.05) is 10.2 Å². The second-order valence-electron chi connectivity index (χ2n) is 6.59. The van der Waals surface area contributed by atoms with Crippen LogP contribution in [-0.4, -0.2) is 11.8 Å². The van der Waals surface area contributed by atoms with Crippen LogP contribution in [-0.2, 0) is 9.59 Å². The first kappa shape index (κ1) is 19.7. The standard InChI is InChI=1S/C22H16Cl2N2O2S/c1-12-14(23)6-3-8-16(12)25-20-19(18-10-5-11-29-18)21(27)26(22(20)28)17-9-4-7-15(24)13(17)2/h3-11,25H,1-2H3. The average molecular weight is 443 g/mol. The molecule has 0 saturated heterocycles. The molecular weight excluding hydrogens is 427 g/mol. The van der Waals surface area contributed by atoms with Crippen LogP contribution in [0.15, 0.2) is 59.6 Å². The monoisotopic (exact) mass is 442 g/mol. The second kappa shape index (κ2) is 7.67. The summed E-state index contributed by atoms with van der Waals surface area (Å²) >= 11 is 13.9. The maximum absolute atomic E-state index is 13.4. The van der Waals surface area contributed by atoms with Gasteiger partial charge in [0.25, 0.3) is 11.8 Å². The quantitative estimate of drug-likeness (QED) is 0.498. The number of anilines is 2. The van der Waals surface area contributed by atoms with E-state index in [2.05, 4.69) is 5.32 Å². The molecule has 2 aromatic carbocycles. The van der Waals surface area contributed by atoms with Gasteiger partial charge in [0.15, 0.2) is 0 Å². The molecule has 3 aromatic rings. The molecule has 4 nitrogen and oxygen atoms in total. The third kappa shape index (κ3) is 3.35. The van der Waals surface area contributed by atoms with Crippen molar-refractivity contribution < 1.29 is 9.59 Å². The third-order valence-corrected chi connectivity index (χ3v) is 6.57. The molecule has 0 atom stereocenters. The number of nitrogens with zero attached hydrogens (tertiary/aromatic N) is 1. The molecule has 4 rings (SSSR count). The Morgan fingerprint density at radius 3 is 2.24 bits per heavy atom. The zero-order valence-electron chi connectivity index (χ0n) is 15.6. The highest BCUT2D eigenvalue weighted by Gasteiger charge is 2.41. The van der Waals surface area contributed by atoms with Crippen LogP contribution in [0.4, 0.5) is 11.4 Å². The van der Waals surface area contributed by atoms with Gasteiger partial charge < -0.3 is 5.32 Å². The fourth-order valence-electron chi connectivity index (χ4n) is 3.23. The van der Waals surface area contributed by atoms with Crippen LogP contribution >= 0.6 is 34.5 Å². The first-order chi connectivity index (χ1) is 13.9. The summed E-state index contributed by atoms with van der Waals surface area (Å²) in [5, 5.41) is 6.10. The Kier molecular flexibility index (Phi) is 5.21. The van der Waals surface area contributed by atoms with Crippen molar-refractivity contribution in [2.45, 2.75) is 13.8 Å². The number of imide groups is 1. The minimum atomic E-state index is -0.428. The summed E-state index contributed by atoms with van der Waals surface area (Å²) in [7, 11) is 0. The lowest BCUT2D eigenvalue weighted by Gasteiger charge is -2.18. The van der Waals surface area contributed by atoms with Gasteiger partial charge in [-0.2, -0.15) is 0 Å². The molecule has 1 aliphatic rings. The molecule has 0 radical (unpaired) electrons. The predicted molar refractivity (Wildman–Crippen MR) is 120 cm³/mol. The molecule has 1 N–H and O–H groups in total. The smallest absolute Gasteiger partial charge is 0.282 e. The number of halogens is 2. The lowest BCUT2D eigenvalue weighted by molar-refractivity contribution is -0.120. The number of carbonyl (C=O) groups excluding carboxylic acids is 2. The molecule has 0 spiro atoms. The number of nitrogens with one attached hydrogen (secondary N) is 1. The van der Waals surface area contributed by atoms with Gasteiger partial charge >= 0.3 is 0 Å². The number of carbonyl (C=O) groups is 2. The largest absolute Gasteiger partial charge is 0.350 e. The molecule has 0 saturated carbocycles. The van der Waals surface area contributed by atoms with Crippen LogP contribution in [0.2, 0.25) is 10.0 Å². The van der Waals surface area contributed by atoms with Crippen molar-refractivity contribution >= 4 is 63.3 Å². The van der Waals surface area contributed by atoms with Gasteiger partial charge in [-0.05, 0) is 60.7 Å². The van der Waals surface area contributed by atoms with E-state index in [1.54, 1.807) is 37.3 Å². The van der Waals surface area contributed by atoms with Crippen molar-refractivity contribution in [1.82, 2.24) is 0 Å². The maximum atomic E-state index is 13.4. The third-order valence-electron chi connectivity index (χ3n) is 4.86. The van der Waals surface area contributed by atoms with Gasteiger partial charge in [-0.3, -0.25) is 9.59 Å². The Morgan fingerprint density at radius 1 is 0.862 bits per heavy atom. The number of thiophene rings is 1. The Labute approximate surface area is 182 Å². The van der Waals surface area contributed by atoms with Gasteiger partial charge in [0.2, 0.25) is 0 Å². The predicted octanol–water partition coefficient (Wildman–Crippen LogP) is 6.07. The number of benzene rings is 2. The van der Waals surface area contributed by atoms with Crippen LogP contribution in [0.25, 0.3) is 5.57 Å². The lowest BCUT2D eigenvalue weighted by Crippen LogP contribution is -2.33. The Balaban J connectivity index is 1.85. The summed E-state index contributed by atoms with van der Waals surface area (Å²) in [4.78, 5) is 28.7. The van der Waals surface area contributed by atoms with Crippen molar-refractivity contribution in [2.24, 2.45) is 0 Å². The van der Waals surface area contributed by atoms with Gasteiger partial charge in [0.05, 0.1) is 11.3 Å². The highest BCUT2D eigenvalue weighted by Crippen LogP contribution is 2.38. The highest BCUT2D eigenvalue weighted by atomic mass is 35.5. The number of hydrogen-bond acceptors (Lipinski definition) is 4. The van der Waals surface area contributed by atoms with Gasteiger partial charge in [-0.25, -0.2) is 4.90 Å². The molecule has 0 fully saturated rings. The molecular formula is C22H16Cl2N2O2S. The SMILES string of the molecule is Cc1c(Cl)cccc1NC1=C(c2cccs2)C(=O)N(c2cccc(Cl)c2C)C1=O. The summed E-state index contributed by atoms with van der Waals surface area (Å²) in [5.41, 5.74) is 3.17. The van der Waals surface area contributed by atoms with Crippen LogP contribution in [0.1, 0.15) is 16.0 Å². The van der Waals surface area contributed by atoms with E-state index in [0.29, 0.717) is 37.4 Å². The Morgan fingerprint density at radius 2 is 1.55 bits per heavy atom. The van der Waals surface area contributed by atoms with E-state index in [0.717, 1.165) is 5.56 Å². The summed E-state index contributed by atoms with van der Waals surface area (Å²) in [6.07, 6.45) is 0. The summed E-state index contributed by atoms with van der Waals surface area (Å²) in [5.74, 6) is -0.812. The van der Waals surface area contributed by atoms with Crippen LogP contribution < -0.4 is 10.2 Å². The Bertz CT molecular complexity index is 1170. The van der Waals surface area contributed by atoms with Crippen LogP contribution in [0.5, 0.6) is 0 Å². The van der Waals surface area contributed by atoms with Crippen molar-refractivity contribution in [1.29, 1.82) is 0 Å². The van der Waals surface area contributed by atoms with Crippen molar-refractivity contribution in [3.63, 3.8) is 0 Å². The molecule has 1 aliphatic heterocycles. The van der Waals surface area contributed by atoms with E-state index in [1.807, 2.05) is 30.5 Å². The van der Waals surface area contributed by atoms with Crippen molar-refractivity contribution in [3.8, 4) is 0 Å². The van der Waals surface area contributed by atoms with E-state index >= 15 is 0 Å². The first-order valence-electron chi connectivity index (χ1n) is 8.84. The number of amides is 2. The van der Waals surface area contributed by atoms with E-state index < -0.39 is 5.91 Å². The number of hydrogen-bond donors (Lipinski definition) is 1. The molecule has 2 amide bonds. The molecule has 0 unspecified atom stereocenters. The van der Waals surface area contributed by atoms with Gasteiger partial charge in [-0.15, -0.1) is 11.3 Å². The van der Waals surface area contributed by atoms with Crippen LogP contribution in [0, 0.1) is 13.8 Å². The van der Waals surface area contributed by atoms with Gasteiger partial charge in [-0.1, -0.05) is 41.4 Å². The minimum Gasteiger partial charge on any atom is -0.350 e. The molecule has 29 heavy (non-hydrogen) atoms. The first-order valence-corrected chi connectivity index (χ1v) is 10.5. The summed E-state index contributed by atoms with van der Waals surface area (Å²) in [6, 6.07) is 14.2. The molecule has 0 aliphatic carbocycles. The molecule has 2 heterocycles. The summed E-state index contributed by atoms with van der Waals surface area (Å²) in [6.45, 7) is 3.64. The summed E-state index contributed by atoms with van der Waals surface area (Å²) < 4.78 is 0. The van der Waals surface area contributed by atoms with Gasteiger partial charge in [0, 0.05) is 20.6 Å². The zero-order valence-corrected chi connectivity index (χ0v) is 18.0. The fourth-order valence-corrected chi connectivity index (χ4v) is 4.34. The Hall–Kier alpha value is -2.60. The minimum absolute atomic E-state index is 0.224. The van der Waals surface area contributed by atoms with Crippen molar-refractivity contribution in [3.05, 3.63) is 85.7 Å². The highest BCUT2D eigenvalue weighted by molar-refractivity contribution is 7.11. The normalized spacial score (nSPS) is 14.1. The number of rotatable bonds is 4. The molecule has 146 valence electrons. The molecule has 1 aromatic heterocycles. The topological polar surface area (TPSA) is 49.4 Å². The second-order valence-corrected chi connectivity index (χ2v) is 8.36.